The maximum absolute atomic E-state index is 12.8. The predicted molar refractivity (Wildman–Crippen MR) is 117 cm³/mol. The number of Topliss-reactive ketones (excluding diaryl/α,β-unsaturated/α-hetero) is 1. The highest BCUT2D eigenvalue weighted by molar-refractivity contribution is 6.04. The second-order valence-corrected chi connectivity index (χ2v) is 8.56. The maximum Gasteiger partial charge on any atom is 0.174 e. The number of phenols is 3. The van der Waals surface area contributed by atoms with Crippen LogP contribution in [0.1, 0.15) is 67.6 Å². The molecule has 2 aromatic rings. The van der Waals surface area contributed by atoms with Gasteiger partial charge in [0.15, 0.2) is 5.78 Å². The molecule has 31 heavy (non-hydrogen) atoms. The quantitative estimate of drug-likeness (QED) is 0.569. The Morgan fingerprint density at radius 2 is 1.97 bits per heavy atom. The molecule has 162 valence electrons. The number of aromatic hydroxyl groups is 3. The summed E-state index contributed by atoms with van der Waals surface area (Å²) in [5.41, 5.74) is 1.66. The molecule has 2 atom stereocenters. The summed E-state index contributed by atoms with van der Waals surface area (Å²) in [6.07, 6.45) is 6.69. The molecule has 6 nitrogen and oxygen atoms in total. The minimum Gasteiger partial charge on any atom is -0.508 e. The van der Waals surface area contributed by atoms with E-state index in [9.17, 15) is 20.1 Å². The molecule has 0 fully saturated rings. The smallest absolute Gasteiger partial charge is 0.174 e. The number of rotatable bonds is 4. The van der Waals surface area contributed by atoms with Crippen molar-refractivity contribution in [2.75, 3.05) is 0 Å². The van der Waals surface area contributed by atoms with Crippen molar-refractivity contribution in [2.24, 2.45) is 0 Å². The van der Waals surface area contributed by atoms with Crippen molar-refractivity contribution < 1.29 is 29.6 Å². The summed E-state index contributed by atoms with van der Waals surface area (Å²) in [5.74, 6) is -0.0240. The van der Waals surface area contributed by atoms with Gasteiger partial charge in [0.05, 0.1) is 12.0 Å². The molecule has 0 bridgehead atoms. The van der Waals surface area contributed by atoms with Crippen LogP contribution in [0.25, 0.3) is 6.08 Å². The number of ketones is 1. The van der Waals surface area contributed by atoms with Crippen molar-refractivity contribution >= 4 is 11.9 Å². The van der Waals surface area contributed by atoms with Gasteiger partial charge < -0.3 is 24.8 Å². The number of carbonyl (C=O) groups excluding carboxylic acids is 1. The van der Waals surface area contributed by atoms with E-state index in [1.54, 1.807) is 12.1 Å². The molecule has 0 amide bonds. The molecule has 0 aliphatic carbocycles. The van der Waals surface area contributed by atoms with Crippen LogP contribution in [0.3, 0.4) is 0 Å². The van der Waals surface area contributed by atoms with Gasteiger partial charge in [0.25, 0.3) is 0 Å². The lowest BCUT2D eigenvalue weighted by Gasteiger charge is -2.34. The van der Waals surface area contributed by atoms with Crippen LogP contribution in [-0.4, -0.2) is 26.7 Å². The Morgan fingerprint density at radius 3 is 2.68 bits per heavy atom. The number of phenolic OH excluding ortho intramolecular Hbond substituents is 3. The van der Waals surface area contributed by atoms with E-state index in [1.165, 1.54) is 23.8 Å². The summed E-state index contributed by atoms with van der Waals surface area (Å²) in [5, 5.41) is 30.5. The Kier molecular flexibility index (Phi) is 5.17. The Hall–Kier alpha value is -3.41. The van der Waals surface area contributed by atoms with Gasteiger partial charge in [-0.15, -0.1) is 0 Å². The zero-order valence-corrected chi connectivity index (χ0v) is 17.8. The van der Waals surface area contributed by atoms with Gasteiger partial charge in [-0.2, -0.15) is 0 Å². The topological polar surface area (TPSA) is 96.2 Å². The molecule has 4 rings (SSSR count). The minimum atomic E-state index is -0.735. The molecule has 0 saturated carbocycles. The fourth-order valence-electron chi connectivity index (χ4n) is 4.01. The third-order valence-electron chi connectivity index (χ3n) is 5.68. The van der Waals surface area contributed by atoms with Crippen LogP contribution >= 0.6 is 0 Å². The zero-order chi connectivity index (χ0) is 22.3. The second-order valence-electron chi connectivity index (χ2n) is 8.56. The van der Waals surface area contributed by atoms with Gasteiger partial charge in [0.1, 0.15) is 46.0 Å². The summed E-state index contributed by atoms with van der Waals surface area (Å²) in [6, 6.07) is 5.78. The molecular weight excluding hydrogens is 396 g/mol. The van der Waals surface area contributed by atoms with Crippen LogP contribution in [-0.2, 0) is 0 Å². The van der Waals surface area contributed by atoms with Crippen LogP contribution in [0, 0.1) is 0 Å². The lowest BCUT2D eigenvalue weighted by molar-refractivity contribution is 0.0838. The first-order valence-corrected chi connectivity index (χ1v) is 10.3. The molecule has 0 spiro atoms. The number of ether oxygens (including phenoxy) is 2. The summed E-state index contributed by atoms with van der Waals surface area (Å²) >= 11 is 0. The van der Waals surface area contributed by atoms with E-state index in [0.717, 1.165) is 12.8 Å². The van der Waals surface area contributed by atoms with Crippen molar-refractivity contribution in [3.8, 4) is 28.7 Å². The SMILES string of the molecule is CC(C)=CCCC1(C)C=Cc2c(cc3c(c2O)C(=O)CC(c2ccc(O)cc2O)O3)O1. The fraction of sp³-hybridized carbons (Fsp3) is 0.320. The van der Waals surface area contributed by atoms with E-state index in [2.05, 4.69) is 19.9 Å². The van der Waals surface area contributed by atoms with Crippen LogP contribution in [0.2, 0.25) is 0 Å². The van der Waals surface area contributed by atoms with Gasteiger partial charge in [-0.05, 0) is 57.9 Å². The minimum absolute atomic E-state index is 0.0390. The van der Waals surface area contributed by atoms with E-state index in [1.807, 2.05) is 13.0 Å². The average molecular weight is 422 g/mol. The Labute approximate surface area is 181 Å². The first-order chi connectivity index (χ1) is 14.7. The summed E-state index contributed by atoms with van der Waals surface area (Å²) in [7, 11) is 0. The van der Waals surface area contributed by atoms with E-state index in [4.69, 9.17) is 9.47 Å². The van der Waals surface area contributed by atoms with Crippen LogP contribution < -0.4 is 9.47 Å². The van der Waals surface area contributed by atoms with Crippen molar-refractivity contribution in [3.05, 3.63) is 58.7 Å². The Balaban J connectivity index is 1.67. The van der Waals surface area contributed by atoms with E-state index < -0.39 is 11.7 Å². The largest absolute Gasteiger partial charge is 0.508 e. The van der Waals surface area contributed by atoms with Gasteiger partial charge in [-0.3, -0.25) is 4.79 Å². The number of benzene rings is 2. The molecule has 2 unspecified atom stereocenters. The van der Waals surface area contributed by atoms with Crippen LogP contribution in [0.4, 0.5) is 0 Å². The predicted octanol–water partition coefficient (Wildman–Crippen LogP) is 5.42. The van der Waals surface area contributed by atoms with Crippen molar-refractivity contribution in [2.45, 2.75) is 51.7 Å². The maximum atomic E-state index is 12.8. The zero-order valence-electron chi connectivity index (χ0n) is 17.8. The standard InChI is InChI=1S/C25H26O6/c1-14(2)5-4-9-25(3)10-8-17-21(31-25)13-22-23(24(17)29)19(28)12-20(30-22)16-7-6-15(26)11-18(16)27/h5-8,10-11,13,20,26-27,29H,4,9,12H2,1-3H3. The summed E-state index contributed by atoms with van der Waals surface area (Å²) < 4.78 is 12.2. The Morgan fingerprint density at radius 1 is 1.19 bits per heavy atom. The lowest BCUT2D eigenvalue weighted by atomic mass is 9.90. The van der Waals surface area contributed by atoms with Crippen molar-refractivity contribution in [1.82, 2.24) is 0 Å². The number of allylic oxidation sites excluding steroid dienone is 2. The normalized spacial score (nSPS) is 21.5. The monoisotopic (exact) mass is 422 g/mol. The molecular formula is C25H26O6. The lowest BCUT2D eigenvalue weighted by Crippen LogP contribution is -2.32. The average Bonchev–Trinajstić information content (AvgIpc) is 2.66. The van der Waals surface area contributed by atoms with Gasteiger partial charge in [-0.1, -0.05) is 11.6 Å². The van der Waals surface area contributed by atoms with Crippen molar-refractivity contribution in [3.63, 3.8) is 0 Å². The fourth-order valence-corrected chi connectivity index (χ4v) is 4.01. The molecule has 0 saturated heterocycles. The third kappa shape index (κ3) is 3.98. The number of hydrogen-bond donors (Lipinski definition) is 3. The van der Waals surface area contributed by atoms with Crippen LogP contribution in [0.5, 0.6) is 28.7 Å². The number of hydrogen-bond acceptors (Lipinski definition) is 6. The highest BCUT2D eigenvalue weighted by Crippen LogP contribution is 2.48. The Bertz CT molecular complexity index is 1110. The van der Waals surface area contributed by atoms with Gasteiger partial charge in [-0.25, -0.2) is 0 Å². The number of fused-ring (bicyclic) bond motifs is 2. The molecule has 2 aliphatic rings. The molecule has 0 radical (unpaired) electrons. The second kappa shape index (κ2) is 7.69. The van der Waals surface area contributed by atoms with Gasteiger partial charge in [0.2, 0.25) is 0 Å². The van der Waals surface area contributed by atoms with E-state index in [0.29, 0.717) is 16.9 Å². The molecule has 6 heteroatoms. The van der Waals surface area contributed by atoms with Gasteiger partial charge >= 0.3 is 0 Å². The molecule has 3 N–H and O–H groups in total. The van der Waals surface area contributed by atoms with Crippen LogP contribution in [0.15, 0.2) is 42.0 Å². The van der Waals surface area contributed by atoms with E-state index >= 15 is 0 Å². The highest BCUT2D eigenvalue weighted by atomic mass is 16.5. The van der Waals surface area contributed by atoms with E-state index in [-0.39, 0.29) is 40.8 Å². The highest BCUT2D eigenvalue weighted by Gasteiger charge is 2.36. The summed E-state index contributed by atoms with van der Waals surface area (Å²) in [4.78, 5) is 12.8. The first kappa shape index (κ1) is 20.8. The molecule has 2 aromatic carbocycles. The summed E-state index contributed by atoms with van der Waals surface area (Å²) in [6.45, 7) is 6.08. The first-order valence-electron chi connectivity index (χ1n) is 10.3. The number of carbonyl (C=O) groups is 1. The van der Waals surface area contributed by atoms with Gasteiger partial charge in [0, 0.05) is 17.7 Å². The van der Waals surface area contributed by atoms with Crippen molar-refractivity contribution in [1.29, 1.82) is 0 Å². The third-order valence-corrected chi connectivity index (χ3v) is 5.68. The molecule has 0 aromatic heterocycles. The molecule has 2 aliphatic heterocycles. The molecule has 2 heterocycles.